The summed E-state index contributed by atoms with van der Waals surface area (Å²) in [5, 5.41) is 14.0. The van der Waals surface area contributed by atoms with Gasteiger partial charge in [-0.05, 0) is 56.0 Å². The van der Waals surface area contributed by atoms with Gasteiger partial charge < -0.3 is 19.3 Å². The maximum absolute atomic E-state index is 14.4. The minimum Gasteiger partial charge on any atom is -0.478 e. The van der Waals surface area contributed by atoms with Crippen molar-refractivity contribution < 1.29 is 28.3 Å². The quantitative estimate of drug-likeness (QED) is 0.344. The molecule has 2 bridgehead atoms. The van der Waals surface area contributed by atoms with Gasteiger partial charge in [0, 0.05) is 42.1 Å². The summed E-state index contributed by atoms with van der Waals surface area (Å²) >= 11 is 12.8. The average molecular weight is 545 g/mol. The molecule has 0 radical (unpaired) electrons. The number of rotatable bonds is 6. The Labute approximate surface area is 222 Å². The van der Waals surface area contributed by atoms with Gasteiger partial charge >= 0.3 is 11.9 Å². The van der Waals surface area contributed by atoms with Crippen LogP contribution >= 0.6 is 23.2 Å². The highest BCUT2D eigenvalue weighted by Crippen LogP contribution is 2.47. The van der Waals surface area contributed by atoms with Crippen molar-refractivity contribution in [3.05, 3.63) is 69.1 Å². The van der Waals surface area contributed by atoms with Crippen molar-refractivity contribution >= 4 is 40.8 Å². The van der Waals surface area contributed by atoms with E-state index in [1.807, 2.05) is 0 Å². The van der Waals surface area contributed by atoms with Crippen molar-refractivity contribution in [2.45, 2.75) is 62.6 Å². The maximum atomic E-state index is 14.4. The molecule has 1 aromatic heterocycles. The molecule has 0 amide bonds. The van der Waals surface area contributed by atoms with Gasteiger partial charge in [-0.15, -0.1) is 0 Å². The van der Waals surface area contributed by atoms with Crippen LogP contribution in [-0.4, -0.2) is 40.4 Å². The van der Waals surface area contributed by atoms with Crippen LogP contribution in [0.3, 0.4) is 0 Å². The number of esters is 1. The number of anilines is 1. The van der Waals surface area contributed by atoms with Gasteiger partial charge in [0.1, 0.15) is 23.2 Å². The van der Waals surface area contributed by atoms with Crippen LogP contribution in [0.1, 0.15) is 70.9 Å². The summed E-state index contributed by atoms with van der Waals surface area (Å²) in [4.78, 5) is 26.9. The second-order valence-corrected chi connectivity index (χ2v) is 10.7. The molecule has 7 nitrogen and oxygen atoms in total. The van der Waals surface area contributed by atoms with Gasteiger partial charge in [0.2, 0.25) is 0 Å². The zero-order valence-electron chi connectivity index (χ0n) is 19.6. The minimum atomic E-state index is -1.30. The molecule has 1 aliphatic carbocycles. The van der Waals surface area contributed by atoms with Crippen molar-refractivity contribution in [2.75, 3.05) is 4.90 Å². The van der Waals surface area contributed by atoms with Gasteiger partial charge in [-0.3, -0.25) is 0 Å². The summed E-state index contributed by atoms with van der Waals surface area (Å²) in [6, 6.07) is 9.40. The van der Waals surface area contributed by atoms with Crippen LogP contribution in [0.4, 0.5) is 10.1 Å². The molecule has 1 saturated carbocycles. The summed E-state index contributed by atoms with van der Waals surface area (Å²) in [6.07, 6.45) is 4.40. The average Bonchev–Trinajstić information content (AvgIpc) is 3.54. The lowest BCUT2D eigenvalue weighted by Gasteiger charge is -2.40. The van der Waals surface area contributed by atoms with Crippen molar-refractivity contribution in [1.29, 1.82) is 0 Å². The first-order valence-electron chi connectivity index (χ1n) is 12.3. The fraction of sp³-hybridized carbons (Fsp3) is 0.370. The van der Waals surface area contributed by atoms with Crippen LogP contribution in [0.15, 0.2) is 40.9 Å². The number of aromatic carboxylic acids is 1. The van der Waals surface area contributed by atoms with E-state index in [-0.39, 0.29) is 40.9 Å². The monoisotopic (exact) mass is 544 g/mol. The molecule has 0 spiro atoms. The molecule has 3 aromatic rings. The summed E-state index contributed by atoms with van der Waals surface area (Å²) in [6.45, 7) is 0. The molecule has 3 heterocycles. The van der Waals surface area contributed by atoms with Crippen molar-refractivity contribution in [3.8, 4) is 11.3 Å². The number of fused-ring (bicyclic) bond motifs is 2. The maximum Gasteiger partial charge on any atom is 0.344 e. The van der Waals surface area contributed by atoms with Crippen LogP contribution < -0.4 is 4.90 Å². The minimum absolute atomic E-state index is 0.0505. The van der Waals surface area contributed by atoms with Gasteiger partial charge in [-0.2, -0.15) is 0 Å². The van der Waals surface area contributed by atoms with E-state index in [4.69, 9.17) is 37.6 Å². The van der Waals surface area contributed by atoms with E-state index >= 15 is 0 Å². The predicted molar refractivity (Wildman–Crippen MR) is 135 cm³/mol. The normalized spacial score (nSPS) is 22.8. The zero-order valence-corrected chi connectivity index (χ0v) is 21.1. The molecule has 3 fully saturated rings. The largest absolute Gasteiger partial charge is 0.478 e. The molecular formula is C27H23Cl2FN2O5. The van der Waals surface area contributed by atoms with Crippen LogP contribution in [0.2, 0.25) is 10.0 Å². The second kappa shape index (κ2) is 9.33. The third kappa shape index (κ3) is 4.36. The van der Waals surface area contributed by atoms with Crippen molar-refractivity contribution in [3.63, 3.8) is 0 Å². The molecule has 1 N–H and O–H groups in total. The molecule has 2 aromatic carbocycles. The molecule has 37 heavy (non-hydrogen) atoms. The third-order valence-electron chi connectivity index (χ3n) is 7.52. The molecular weight excluding hydrogens is 522 g/mol. The van der Waals surface area contributed by atoms with Crippen LogP contribution in [0.5, 0.6) is 0 Å². The molecule has 6 rings (SSSR count). The van der Waals surface area contributed by atoms with E-state index in [0.717, 1.165) is 25.7 Å². The summed E-state index contributed by atoms with van der Waals surface area (Å²) in [7, 11) is 0. The molecule has 192 valence electrons. The SMILES string of the molecule is O=C(O)c1ccc(N2[C@@H]3CC[C@H]2C[C@H](OC(=O)c2c(-c4c(Cl)cccc4Cl)noc2C2CC2)C3)cc1F. The number of carboxylic acid groups (broad SMARTS) is 1. The Bertz CT molecular complexity index is 1370. The fourth-order valence-corrected chi connectivity index (χ4v) is 6.29. The van der Waals surface area contributed by atoms with Gasteiger partial charge in [-0.25, -0.2) is 14.0 Å². The lowest BCUT2D eigenvalue weighted by Crippen LogP contribution is -2.46. The Balaban J connectivity index is 1.24. The third-order valence-corrected chi connectivity index (χ3v) is 8.15. The number of hydrogen-bond acceptors (Lipinski definition) is 6. The number of hydrogen-bond donors (Lipinski definition) is 1. The Morgan fingerprint density at radius 1 is 1.05 bits per heavy atom. The predicted octanol–water partition coefficient (Wildman–Crippen LogP) is 6.72. The molecule has 3 aliphatic rings. The van der Waals surface area contributed by atoms with Gasteiger partial charge in [0.05, 0.1) is 15.6 Å². The Hall–Kier alpha value is -3.10. The lowest BCUT2D eigenvalue weighted by molar-refractivity contribution is 0.0202. The number of ether oxygens (including phenoxy) is 1. The highest BCUT2D eigenvalue weighted by atomic mass is 35.5. The number of aromatic nitrogens is 1. The van der Waals surface area contributed by atoms with E-state index in [0.29, 0.717) is 39.9 Å². The first-order chi connectivity index (χ1) is 17.8. The van der Waals surface area contributed by atoms with E-state index in [1.165, 1.54) is 12.1 Å². The highest BCUT2D eigenvalue weighted by Gasteiger charge is 2.44. The van der Waals surface area contributed by atoms with Gasteiger partial charge in [-0.1, -0.05) is 34.4 Å². The Kier molecular flexibility index (Phi) is 6.12. The molecule has 10 heteroatoms. The smallest absolute Gasteiger partial charge is 0.344 e. The topological polar surface area (TPSA) is 92.9 Å². The lowest BCUT2D eigenvalue weighted by atomic mass is 9.98. The number of carbonyl (C=O) groups excluding carboxylic acids is 1. The van der Waals surface area contributed by atoms with Gasteiger partial charge in [0.15, 0.2) is 5.76 Å². The first-order valence-corrected chi connectivity index (χ1v) is 13.0. The van der Waals surface area contributed by atoms with E-state index in [2.05, 4.69) is 10.1 Å². The number of carbonyl (C=O) groups is 2. The van der Waals surface area contributed by atoms with E-state index < -0.39 is 17.8 Å². The fourth-order valence-electron chi connectivity index (χ4n) is 5.71. The number of piperidine rings is 1. The zero-order chi connectivity index (χ0) is 25.8. The number of nitrogens with zero attached hydrogens (tertiary/aromatic N) is 2. The molecule has 3 atom stereocenters. The van der Waals surface area contributed by atoms with Crippen LogP contribution in [-0.2, 0) is 4.74 Å². The highest BCUT2D eigenvalue weighted by molar-refractivity contribution is 6.39. The number of benzene rings is 2. The van der Waals surface area contributed by atoms with E-state index in [1.54, 1.807) is 24.3 Å². The van der Waals surface area contributed by atoms with Crippen LogP contribution in [0, 0.1) is 5.82 Å². The van der Waals surface area contributed by atoms with Crippen molar-refractivity contribution in [2.24, 2.45) is 0 Å². The van der Waals surface area contributed by atoms with Crippen LogP contribution in [0.25, 0.3) is 11.3 Å². The van der Waals surface area contributed by atoms with E-state index in [9.17, 15) is 14.0 Å². The summed E-state index contributed by atoms with van der Waals surface area (Å²) in [5.74, 6) is -1.95. The summed E-state index contributed by atoms with van der Waals surface area (Å²) in [5.41, 5.74) is 1.30. The second-order valence-electron chi connectivity index (χ2n) is 9.90. The Morgan fingerprint density at radius 2 is 1.73 bits per heavy atom. The van der Waals surface area contributed by atoms with Gasteiger partial charge in [0.25, 0.3) is 0 Å². The number of halogens is 3. The van der Waals surface area contributed by atoms with Crippen molar-refractivity contribution in [1.82, 2.24) is 5.16 Å². The Morgan fingerprint density at radius 3 is 2.32 bits per heavy atom. The molecule has 0 unspecified atom stereocenters. The summed E-state index contributed by atoms with van der Waals surface area (Å²) < 4.78 is 26.0. The first kappa shape index (κ1) is 24.2. The standard InChI is InChI=1S/C27H23Cl2FN2O5/c28-19-2-1-3-20(29)22(19)24-23(25(37-31-24)13-4-5-13)27(35)36-17-10-14-6-7-15(11-17)32(14)16-8-9-18(26(33)34)21(30)12-16/h1-3,8-9,12-15,17H,4-7,10-11H2,(H,33,34)/t14-,15+,17-. The molecule has 2 saturated heterocycles. The molecule has 2 aliphatic heterocycles. The number of carboxylic acids is 1.